The Kier molecular flexibility index (Phi) is 12.9. The van der Waals surface area contributed by atoms with Gasteiger partial charge in [0.05, 0.1) is 6.61 Å². The first kappa shape index (κ1) is 15.9. The quantitative estimate of drug-likeness (QED) is 0.523. The molecule has 0 spiro atoms. The van der Waals surface area contributed by atoms with Crippen LogP contribution in [0.2, 0.25) is 0 Å². The highest BCUT2D eigenvalue weighted by atomic mass is 16.5. The molecule has 0 aliphatic heterocycles. The third-order valence-corrected chi connectivity index (χ3v) is 2.87. The zero-order valence-electron chi connectivity index (χ0n) is 11.2. The number of methoxy groups -OCH3 is 1. The fourth-order valence-electron chi connectivity index (χ4n) is 1.81. The average molecular weight is 230 g/mol. The maximum atomic E-state index is 5.54. The molecule has 0 aliphatic carbocycles. The lowest BCUT2D eigenvalue weighted by atomic mass is 10.1. The molecule has 0 saturated heterocycles. The van der Waals surface area contributed by atoms with Crippen LogP contribution in [0.1, 0.15) is 45.4 Å². The Balaban J connectivity index is 3.48. The number of unbranched alkanes of at least 4 members (excludes halogenated alkanes) is 4. The zero-order chi connectivity index (χ0) is 12.1. The largest absolute Gasteiger partial charge is 0.383 e. The van der Waals surface area contributed by atoms with E-state index in [9.17, 15) is 0 Å². The summed E-state index contributed by atoms with van der Waals surface area (Å²) in [4.78, 5) is 2.47. The predicted octanol–water partition coefficient (Wildman–Crippen LogP) is 2.25. The Labute approximate surface area is 101 Å². The summed E-state index contributed by atoms with van der Waals surface area (Å²) in [6.07, 6.45) is 7.85. The van der Waals surface area contributed by atoms with E-state index in [0.29, 0.717) is 0 Å². The van der Waals surface area contributed by atoms with E-state index >= 15 is 0 Å². The molecule has 0 fully saturated rings. The number of nitrogens with two attached hydrogens (primary N) is 1. The second-order valence-corrected chi connectivity index (χ2v) is 4.39. The molecule has 0 aromatic carbocycles. The molecule has 0 heterocycles. The number of rotatable bonds is 12. The summed E-state index contributed by atoms with van der Waals surface area (Å²) in [5.41, 5.74) is 5.54. The van der Waals surface area contributed by atoms with Crippen molar-refractivity contribution in [2.45, 2.75) is 45.4 Å². The van der Waals surface area contributed by atoms with Gasteiger partial charge in [0.2, 0.25) is 0 Å². The van der Waals surface area contributed by atoms with Crippen LogP contribution in [0, 0.1) is 0 Å². The lowest BCUT2D eigenvalue weighted by Gasteiger charge is -2.21. The van der Waals surface area contributed by atoms with E-state index in [-0.39, 0.29) is 0 Å². The fraction of sp³-hybridized carbons (Fsp3) is 1.00. The summed E-state index contributed by atoms with van der Waals surface area (Å²) in [6, 6.07) is 0. The number of hydrogen-bond donors (Lipinski definition) is 1. The molecule has 3 nitrogen and oxygen atoms in total. The molecule has 0 aromatic heterocycles. The average Bonchev–Trinajstić information content (AvgIpc) is 2.31. The van der Waals surface area contributed by atoms with Gasteiger partial charge in [-0.1, -0.05) is 32.6 Å². The van der Waals surface area contributed by atoms with E-state index in [1.807, 2.05) is 0 Å². The normalized spacial score (nSPS) is 11.2. The van der Waals surface area contributed by atoms with Crippen molar-refractivity contribution < 1.29 is 4.74 Å². The molecule has 0 atom stereocenters. The summed E-state index contributed by atoms with van der Waals surface area (Å²) in [5, 5.41) is 0. The fourth-order valence-corrected chi connectivity index (χ4v) is 1.81. The maximum absolute atomic E-state index is 5.54. The molecular weight excluding hydrogens is 200 g/mol. The minimum Gasteiger partial charge on any atom is -0.383 e. The highest BCUT2D eigenvalue weighted by molar-refractivity contribution is 4.58. The van der Waals surface area contributed by atoms with Crippen LogP contribution in [0.5, 0.6) is 0 Å². The van der Waals surface area contributed by atoms with Gasteiger partial charge >= 0.3 is 0 Å². The van der Waals surface area contributed by atoms with Gasteiger partial charge in [0.1, 0.15) is 0 Å². The van der Waals surface area contributed by atoms with Gasteiger partial charge in [0.15, 0.2) is 0 Å². The van der Waals surface area contributed by atoms with E-state index in [1.165, 1.54) is 38.6 Å². The second kappa shape index (κ2) is 12.9. The lowest BCUT2D eigenvalue weighted by Crippen LogP contribution is -2.30. The SMILES string of the molecule is CCCCCCCN(CCCN)CCOC. The van der Waals surface area contributed by atoms with Crippen LogP contribution in [0.4, 0.5) is 0 Å². The van der Waals surface area contributed by atoms with Crippen LogP contribution >= 0.6 is 0 Å². The molecule has 0 radical (unpaired) electrons. The first-order valence-electron chi connectivity index (χ1n) is 6.76. The molecule has 0 amide bonds. The summed E-state index contributed by atoms with van der Waals surface area (Å²) >= 11 is 0. The Hall–Kier alpha value is -0.120. The molecule has 3 heteroatoms. The molecule has 0 aromatic rings. The summed E-state index contributed by atoms with van der Waals surface area (Å²) in [7, 11) is 1.77. The molecule has 2 N–H and O–H groups in total. The Morgan fingerprint density at radius 2 is 1.62 bits per heavy atom. The monoisotopic (exact) mass is 230 g/mol. The Bertz CT molecular complexity index is 123. The van der Waals surface area contributed by atoms with Gasteiger partial charge in [0.25, 0.3) is 0 Å². The summed E-state index contributed by atoms with van der Waals surface area (Å²) in [5.74, 6) is 0. The van der Waals surface area contributed by atoms with Gasteiger partial charge in [-0.05, 0) is 32.5 Å². The van der Waals surface area contributed by atoms with Gasteiger partial charge in [-0.3, -0.25) is 0 Å². The first-order chi connectivity index (χ1) is 7.85. The van der Waals surface area contributed by atoms with Crippen molar-refractivity contribution in [2.75, 3.05) is 39.9 Å². The molecule has 0 unspecified atom stereocenters. The number of hydrogen-bond acceptors (Lipinski definition) is 3. The molecule has 0 rings (SSSR count). The van der Waals surface area contributed by atoms with Crippen molar-refractivity contribution >= 4 is 0 Å². The van der Waals surface area contributed by atoms with Crippen LogP contribution in [-0.4, -0.2) is 44.8 Å². The molecule has 0 saturated carbocycles. The van der Waals surface area contributed by atoms with Crippen LogP contribution in [0.25, 0.3) is 0 Å². The van der Waals surface area contributed by atoms with Gasteiger partial charge in [-0.25, -0.2) is 0 Å². The van der Waals surface area contributed by atoms with Crippen LogP contribution in [0.3, 0.4) is 0 Å². The molecular formula is C13H30N2O. The van der Waals surface area contributed by atoms with Crippen molar-refractivity contribution in [1.82, 2.24) is 4.90 Å². The predicted molar refractivity (Wildman–Crippen MR) is 70.7 cm³/mol. The van der Waals surface area contributed by atoms with E-state index in [4.69, 9.17) is 10.5 Å². The zero-order valence-corrected chi connectivity index (χ0v) is 11.2. The third-order valence-electron chi connectivity index (χ3n) is 2.87. The second-order valence-electron chi connectivity index (χ2n) is 4.39. The van der Waals surface area contributed by atoms with Crippen LogP contribution in [0.15, 0.2) is 0 Å². The minimum absolute atomic E-state index is 0.791. The van der Waals surface area contributed by atoms with Gasteiger partial charge in [-0.2, -0.15) is 0 Å². The number of ether oxygens (including phenoxy) is 1. The van der Waals surface area contributed by atoms with Crippen molar-refractivity contribution in [3.8, 4) is 0 Å². The molecule has 98 valence electrons. The van der Waals surface area contributed by atoms with Gasteiger partial charge < -0.3 is 15.4 Å². The first-order valence-corrected chi connectivity index (χ1v) is 6.76. The minimum atomic E-state index is 0.791. The highest BCUT2D eigenvalue weighted by Crippen LogP contribution is 2.04. The van der Waals surface area contributed by atoms with Crippen LogP contribution < -0.4 is 5.73 Å². The van der Waals surface area contributed by atoms with Crippen molar-refractivity contribution in [1.29, 1.82) is 0 Å². The Morgan fingerprint density at radius 1 is 0.938 bits per heavy atom. The molecule has 16 heavy (non-hydrogen) atoms. The smallest absolute Gasteiger partial charge is 0.0589 e. The van der Waals surface area contributed by atoms with Gasteiger partial charge in [-0.15, -0.1) is 0 Å². The summed E-state index contributed by atoms with van der Waals surface area (Å²) < 4.78 is 5.12. The number of nitrogens with zero attached hydrogens (tertiary/aromatic N) is 1. The molecule has 0 bridgehead atoms. The van der Waals surface area contributed by atoms with Crippen molar-refractivity contribution in [3.63, 3.8) is 0 Å². The van der Waals surface area contributed by atoms with E-state index in [1.54, 1.807) is 7.11 Å². The van der Waals surface area contributed by atoms with Crippen molar-refractivity contribution in [2.24, 2.45) is 5.73 Å². The third kappa shape index (κ3) is 10.4. The van der Waals surface area contributed by atoms with Crippen LogP contribution in [-0.2, 0) is 4.74 Å². The lowest BCUT2D eigenvalue weighted by molar-refractivity contribution is 0.146. The Morgan fingerprint density at radius 3 is 2.25 bits per heavy atom. The topological polar surface area (TPSA) is 38.5 Å². The van der Waals surface area contributed by atoms with E-state index < -0.39 is 0 Å². The maximum Gasteiger partial charge on any atom is 0.0589 e. The van der Waals surface area contributed by atoms with E-state index in [2.05, 4.69) is 11.8 Å². The van der Waals surface area contributed by atoms with Crippen molar-refractivity contribution in [3.05, 3.63) is 0 Å². The molecule has 0 aliphatic rings. The highest BCUT2D eigenvalue weighted by Gasteiger charge is 2.03. The summed E-state index contributed by atoms with van der Waals surface area (Å²) in [6.45, 7) is 7.25. The van der Waals surface area contributed by atoms with Gasteiger partial charge in [0, 0.05) is 13.7 Å². The standard InChI is InChI=1S/C13H30N2O/c1-3-4-5-6-7-10-15(11-8-9-14)12-13-16-2/h3-14H2,1-2H3. The van der Waals surface area contributed by atoms with E-state index in [0.717, 1.165) is 32.7 Å².